The van der Waals surface area contributed by atoms with E-state index in [0.29, 0.717) is 17.6 Å². The summed E-state index contributed by atoms with van der Waals surface area (Å²) in [5, 5.41) is 3.41. The average Bonchev–Trinajstić information content (AvgIpc) is 2.43. The highest BCUT2D eigenvalue weighted by molar-refractivity contribution is 4.97. The van der Waals surface area contributed by atoms with Gasteiger partial charge in [0.2, 0.25) is 0 Å². The lowest BCUT2D eigenvalue weighted by Crippen LogP contribution is -2.57. The van der Waals surface area contributed by atoms with Crippen LogP contribution in [-0.4, -0.2) is 25.3 Å². The fourth-order valence-electron chi connectivity index (χ4n) is 2.72. The van der Waals surface area contributed by atoms with E-state index in [2.05, 4.69) is 26.1 Å². The van der Waals surface area contributed by atoms with E-state index in [9.17, 15) is 0 Å². The largest absolute Gasteiger partial charge is 0.375 e. The van der Waals surface area contributed by atoms with Crippen molar-refractivity contribution in [3.05, 3.63) is 0 Å². The van der Waals surface area contributed by atoms with Crippen LogP contribution >= 0.6 is 0 Å². The first-order valence-corrected chi connectivity index (χ1v) is 5.98. The summed E-state index contributed by atoms with van der Waals surface area (Å²) in [4.78, 5) is 0. The van der Waals surface area contributed by atoms with Crippen LogP contribution in [0.25, 0.3) is 0 Å². The molecule has 2 rings (SSSR count). The van der Waals surface area contributed by atoms with Crippen molar-refractivity contribution < 1.29 is 4.74 Å². The monoisotopic (exact) mass is 197 g/mol. The van der Waals surface area contributed by atoms with E-state index in [1.54, 1.807) is 0 Å². The smallest absolute Gasteiger partial charge is 0.0586 e. The lowest BCUT2D eigenvalue weighted by molar-refractivity contribution is -0.0136. The highest BCUT2D eigenvalue weighted by Crippen LogP contribution is 2.39. The summed E-state index contributed by atoms with van der Waals surface area (Å²) < 4.78 is 5.92. The lowest BCUT2D eigenvalue weighted by atomic mass is 9.68. The molecule has 2 saturated heterocycles. The standard InChI is InChI=1S/C12H23NO/c1-9(2)12(7-13-8-12)6-11-5-4-10(3)14-11/h9-11,13H,4-8H2,1-3H3. The summed E-state index contributed by atoms with van der Waals surface area (Å²) in [7, 11) is 0. The molecule has 2 unspecified atom stereocenters. The Balaban J connectivity index is 1.89. The topological polar surface area (TPSA) is 21.3 Å². The van der Waals surface area contributed by atoms with Gasteiger partial charge in [0.25, 0.3) is 0 Å². The minimum Gasteiger partial charge on any atom is -0.375 e. The molecule has 2 atom stereocenters. The summed E-state index contributed by atoms with van der Waals surface area (Å²) in [6.45, 7) is 9.28. The molecule has 0 spiro atoms. The molecule has 0 aliphatic carbocycles. The number of hydrogen-bond donors (Lipinski definition) is 1. The summed E-state index contributed by atoms with van der Waals surface area (Å²) >= 11 is 0. The van der Waals surface area contributed by atoms with Gasteiger partial charge in [0.05, 0.1) is 12.2 Å². The number of nitrogens with one attached hydrogen (secondary N) is 1. The van der Waals surface area contributed by atoms with Crippen LogP contribution in [0.2, 0.25) is 0 Å². The molecule has 0 amide bonds. The van der Waals surface area contributed by atoms with Gasteiger partial charge in [0.1, 0.15) is 0 Å². The Bertz CT molecular complexity index is 198. The van der Waals surface area contributed by atoms with Gasteiger partial charge in [-0.3, -0.25) is 0 Å². The zero-order chi connectivity index (χ0) is 10.2. The maximum atomic E-state index is 5.92. The van der Waals surface area contributed by atoms with Crippen LogP contribution in [0.15, 0.2) is 0 Å². The number of hydrogen-bond acceptors (Lipinski definition) is 2. The maximum Gasteiger partial charge on any atom is 0.0586 e. The lowest BCUT2D eigenvalue weighted by Gasteiger charge is -2.47. The molecule has 14 heavy (non-hydrogen) atoms. The van der Waals surface area contributed by atoms with Crippen LogP contribution < -0.4 is 5.32 Å². The van der Waals surface area contributed by atoms with Crippen molar-refractivity contribution >= 4 is 0 Å². The average molecular weight is 197 g/mol. The SMILES string of the molecule is CC1CCC(CC2(C(C)C)CNC2)O1. The first-order valence-electron chi connectivity index (χ1n) is 5.98. The van der Waals surface area contributed by atoms with Crippen molar-refractivity contribution in [2.45, 2.75) is 52.2 Å². The van der Waals surface area contributed by atoms with Crippen molar-refractivity contribution in [1.29, 1.82) is 0 Å². The predicted molar refractivity (Wildman–Crippen MR) is 58.3 cm³/mol. The van der Waals surface area contributed by atoms with E-state index < -0.39 is 0 Å². The highest BCUT2D eigenvalue weighted by Gasteiger charge is 2.42. The van der Waals surface area contributed by atoms with Crippen LogP contribution in [0.3, 0.4) is 0 Å². The fourth-order valence-corrected chi connectivity index (χ4v) is 2.72. The molecular formula is C12H23NO. The molecule has 1 N–H and O–H groups in total. The van der Waals surface area contributed by atoms with Gasteiger partial charge in [-0.2, -0.15) is 0 Å². The molecule has 2 fully saturated rings. The Morgan fingerprint density at radius 2 is 2.07 bits per heavy atom. The molecule has 0 bridgehead atoms. The Morgan fingerprint density at radius 1 is 1.36 bits per heavy atom. The van der Waals surface area contributed by atoms with Crippen molar-refractivity contribution in [3.8, 4) is 0 Å². The molecule has 0 radical (unpaired) electrons. The Morgan fingerprint density at radius 3 is 2.43 bits per heavy atom. The van der Waals surface area contributed by atoms with Crippen molar-refractivity contribution in [3.63, 3.8) is 0 Å². The highest BCUT2D eigenvalue weighted by atomic mass is 16.5. The second-order valence-corrected chi connectivity index (χ2v) is 5.47. The fraction of sp³-hybridized carbons (Fsp3) is 1.00. The summed E-state index contributed by atoms with van der Waals surface area (Å²) in [5.41, 5.74) is 0.536. The summed E-state index contributed by atoms with van der Waals surface area (Å²) in [6, 6.07) is 0. The molecule has 0 saturated carbocycles. The van der Waals surface area contributed by atoms with Crippen LogP contribution in [-0.2, 0) is 4.74 Å². The van der Waals surface area contributed by atoms with Gasteiger partial charge in [0.15, 0.2) is 0 Å². The molecule has 82 valence electrons. The minimum absolute atomic E-state index is 0.497. The Kier molecular flexibility index (Phi) is 2.85. The molecule has 0 aromatic heterocycles. The molecule has 2 heteroatoms. The minimum atomic E-state index is 0.497. The van der Waals surface area contributed by atoms with E-state index in [-0.39, 0.29) is 0 Å². The van der Waals surface area contributed by atoms with Crippen LogP contribution in [0, 0.1) is 11.3 Å². The third kappa shape index (κ3) is 1.82. The first kappa shape index (κ1) is 10.4. The molecule has 0 aromatic carbocycles. The third-order valence-corrected chi connectivity index (χ3v) is 4.13. The van der Waals surface area contributed by atoms with Crippen LogP contribution in [0.5, 0.6) is 0 Å². The molecule has 2 aliphatic rings. The van der Waals surface area contributed by atoms with Crippen LogP contribution in [0.4, 0.5) is 0 Å². The molecule has 2 heterocycles. The van der Waals surface area contributed by atoms with Crippen molar-refractivity contribution in [2.24, 2.45) is 11.3 Å². The van der Waals surface area contributed by atoms with Gasteiger partial charge >= 0.3 is 0 Å². The van der Waals surface area contributed by atoms with E-state index in [1.165, 1.54) is 32.4 Å². The van der Waals surface area contributed by atoms with E-state index in [0.717, 1.165) is 5.92 Å². The van der Waals surface area contributed by atoms with Gasteiger partial charge in [-0.15, -0.1) is 0 Å². The molecule has 0 aromatic rings. The van der Waals surface area contributed by atoms with Gasteiger partial charge in [-0.05, 0) is 32.1 Å². The quantitative estimate of drug-likeness (QED) is 0.749. The molecule has 2 aliphatic heterocycles. The van der Waals surface area contributed by atoms with Crippen molar-refractivity contribution in [2.75, 3.05) is 13.1 Å². The van der Waals surface area contributed by atoms with Gasteiger partial charge in [-0.25, -0.2) is 0 Å². The maximum absolute atomic E-state index is 5.92. The molecule has 2 nitrogen and oxygen atoms in total. The first-order chi connectivity index (χ1) is 6.62. The van der Waals surface area contributed by atoms with E-state index in [1.807, 2.05) is 0 Å². The number of ether oxygens (including phenoxy) is 1. The van der Waals surface area contributed by atoms with Crippen molar-refractivity contribution in [1.82, 2.24) is 5.32 Å². The second-order valence-electron chi connectivity index (χ2n) is 5.47. The third-order valence-electron chi connectivity index (χ3n) is 4.13. The van der Waals surface area contributed by atoms with E-state index in [4.69, 9.17) is 4.74 Å². The summed E-state index contributed by atoms with van der Waals surface area (Å²) in [5.74, 6) is 0.781. The number of rotatable bonds is 3. The molecular weight excluding hydrogens is 174 g/mol. The van der Waals surface area contributed by atoms with E-state index >= 15 is 0 Å². The second kappa shape index (κ2) is 3.82. The van der Waals surface area contributed by atoms with Gasteiger partial charge < -0.3 is 10.1 Å². The van der Waals surface area contributed by atoms with Gasteiger partial charge in [-0.1, -0.05) is 13.8 Å². The zero-order valence-corrected chi connectivity index (χ0v) is 9.68. The van der Waals surface area contributed by atoms with Crippen LogP contribution in [0.1, 0.15) is 40.0 Å². The Labute approximate surface area is 87.4 Å². The Hall–Kier alpha value is -0.0800. The van der Waals surface area contributed by atoms with Gasteiger partial charge in [0, 0.05) is 18.5 Å². The normalized spacial score (nSPS) is 36.0. The predicted octanol–water partition coefficient (Wildman–Crippen LogP) is 2.19. The zero-order valence-electron chi connectivity index (χ0n) is 9.68. The summed E-state index contributed by atoms with van der Waals surface area (Å²) in [6.07, 6.45) is 4.83.